The topological polar surface area (TPSA) is 55.7 Å². The Morgan fingerprint density at radius 1 is 0.842 bits per heavy atom. The molecular formula is C31H26ClN3O2S. The van der Waals surface area contributed by atoms with Gasteiger partial charge in [0.15, 0.2) is 11.5 Å². The maximum Gasteiger partial charge on any atom is 0.204 e. The second kappa shape index (κ2) is 12.4. The van der Waals surface area contributed by atoms with E-state index in [1.54, 1.807) is 17.6 Å². The number of anilines is 1. The summed E-state index contributed by atoms with van der Waals surface area (Å²) in [5, 5.41) is 5.83. The van der Waals surface area contributed by atoms with Gasteiger partial charge in [-0.25, -0.2) is 4.98 Å². The number of hydrogen-bond donors (Lipinski definition) is 1. The summed E-state index contributed by atoms with van der Waals surface area (Å²) in [6.45, 7) is 2.81. The maximum atomic E-state index is 6.27. The molecule has 0 aliphatic heterocycles. The van der Waals surface area contributed by atoms with Crippen molar-refractivity contribution < 1.29 is 9.47 Å². The second-order valence-corrected chi connectivity index (χ2v) is 9.72. The number of thiazole rings is 1. The first-order valence-corrected chi connectivity index (χ1v) is 13.4. The summed E-state index contributed by atoms with van der Waals surface area (Å²) in [7, 11) is 0. The molecular weight excluding hydrogens is 514 g/mol. The molecule has 0 saturated heterocycles. The van der Waals surface area contributed by atoms with E-state index in [2.05, 4.69) is 34.8 Å². The Morgan fingerprint density at radius 3 is 2.29 bits per heavy atom. The van der Waals surface area contributed by atoms with Gasteiger partial charge in [-0.1, -0.05) is 102 Å². The molecule has 0 unspecified atom stereocenters. The molecule has 38 heavy (non-hydrogen) atoms. The summed E-state index contributed by atoms with van der Waals surface area (Å²) in [6.07, 6.45) is 1.74. The zero-order valence-electron chi connectivity index (χ0n) is 20.8. The average molecular weight is 540 g/mol. The molecule has 0 aliphatic rings. The van der Waals surface area contributed by atoms with Gasteiger partial charge in [-0.05, 0) is 42.3 Å². The first-order chi connectivity index (χ1) is 18.7. The number of nitrogens with zero attached hydrogens (tertiary/aromatic N) is 2. The number of halogens is 1. The average Bonchev–Trinajstić information content (AvgIpc) is 3.39. The molecule has 7 heteroatoms. The molecule has 0 spiro atoms. The summed E-state index contributed by atoms with van der Waals surface area (Å²) in [5.74, 6) is 1.30. The molecule has 5 aromatic rings. The lowest BCUT2D eigenvalue weighted by Crippen LogP contribution is -2.01. The summed E-state index contributed by atoms with van der Waals surface area (Å²) >= 11 is 7.84. The fraction of sp³-hybridized carbons (Fsp3) is 0.0968. The Bertz CT molecular complexity index is 1460. The number of aromatic nitrogens is 1. The monoisotopic (exact) mass is 539 g/mol. The third kappa shape index (κ3) is 6.22. The Kier molecular flexibility index (Phi) is 8.33. The fourth-order valence-corrected chi connectivity index (χ4v) is 5.00. The van der Waals surface area contributed by atoms with Crippen molar-refractivity contribution in [2.45, 2.75) is 13.5 Å². The van der Waals surface area contributed by atoms with E-state index in [0.717, 1.165) is 32.8 Å². The van der Waals surface area contributed by atoms with Gasteiger partial charge in [-0.3, -0.25) is 5.43 Å². The van der Waals surface area contributed by atoms with Crippen molar-refractivity contribution in [3.63, 3.8) is 0 Å². The number of ether oxygens (including phenoxy) is 2. The largest absolute Gasteiger partial charge is 0.490 e. The number of nitrogens with one attached hydrogen (secondary N) is 1. The van der Waals surface area contributed by atoms with Crippen molar-refractivity contribution in [3.05, 3.63) is 119 Å². The molecule has 0 bridgehead atoms. The lowest BCUT2D eigenvalue weighted by atomic mass is 10.1. The van der Waals surface area contributed by atoms with Crippen LogP contribution >= 0.6 is 22.9 Å². The first-order valence-electron chi connectivity index (χ1n) is 12.2. The highest BCUT2D eigenvalue weighted by atomic mass is 35.5. The van der Waals surface area contributed by atoms with E-state index in [-0.39, 0.29) is 0 Å². The molecule has 0 saturated carbocycles. The van der Waals surface area contributed by atoms with Gasteiger partial charge >= 0.3 is 0 Å². The van der Waals surface area contributed by atoms with Crippen molar-refractivity contribution in [3.8, 4) is 33.2 Å². The minimum atomic E-state index is 0.353. The Balaban J connectivity index is 1.33. The van der Waals surface area contributed by atoms with Gasteiger partial charge in [0, 0.05) is 16.1 Å². The van der Waals surface area contributed by atoms with Gasteiger partial charge in [-0.2, -0.15) is 5.10 Å². The van der Waals surface area contributed by atoms with Crippen LogP contribution in [-0.2, 0) is 6.61 Å². The highest BCUT2D eigenvalue weighted by Crippen LogP contribution is 2.39. The minimum absolute atomic E-state index is 0.353. The molecule has 5 nitrogen and oxygen atoms in total. The molecule has 0 amide bonds. The molecule has 0 fully saturated rings. The maximum absolute atomic E-state index is 6.27. The summed E-state index contributed by atoms with van der Waals surface area (Å²) in [5.41, 5.74) is 8.00. The number of hydrazone groups is 1. The van der Waals surface area contributed by atoms with Crippen molar-refractivity contribution in [1.29, 1.82) is 0 Å². The third-order valence-electron chi connectivity index (χ3n) is 5.69. The number of hydrogen-bond acceptors (Lipinski definition) is 6. The SMILES string of the molecule is CCOc1cc(C=NNc2nc(-c3ccccc3)c(-c3ccccc3)s2)ccc1OCc1ccccc1Cl. The lowest BCUT2D eigenvalue weighted by Gasteiger charge is -2.13. The van der Waals surface area contributed by atoms with Gasteiger partial charge in [0.25, 0.3) is 0 Å². The third-order valence-corrected chi connectivity index (χ3v) is 7.07. The smallest absolute Gasteiger partial charge is 0.204 e. The van der Waals surface area contributed by atoms with Crippen LogP contribution in [0.5, 0.6) is 11.5 Å². The van der Waals surface area contributed by atoms with Gasteiger partial charge in [0.1, 0.15) is 6.61 Å². The van der Waals surface area contributed by atoms with Gasteiger partial charge in [-0.15, -0.1) is 0 Å². The molecule has 5 rings (SSSR count). The summed E-state index contributed by atoms with van der Waals surface area (Å²) in [4.78, 5) is 5.94. The van der Waals surface area contributed by atoms with Gasteiger partial charge in [0.05, 0.1) is 23.4 Å². The molecule has 1 aromatic heterocycles. The van der Waals surface area contributed by atoms with E-state index < -0.39 is 0 Å². The van der Waals surface area contributed by atoms with E-state index in [0.29, 0.717) is 34.9 Å². The Hall–Kier alpha value is -4.13. The fourth-order valence-electron chi connectivity index (χ4n) is 3.87. The molecule has 4 aromatic carbocycles. The van der Waals surface area contributed by atoms with Crippen molar-refractivity contribution >= 4 is 34.3 Å². The van der Waals surface area contributed by atoms with Crippen LogP contribution in [0.3, 0.4) is 0 Å². The molecule has 0 aliphatic carbocycles. The Labute approximate surface area is 231 Å². The standard InChI is InChI=1S/C31H26ClN3O2S/c1-2-36-28-19-22(17-18-27(28)37-21-25-15-9-10-16-26(25)32)20-33-35-31-34-29(23-11-5-3-6-12-23)30(38-31)24-13-7-4-8-14-24/h3-20H,2,21H2,1H3,(H,34,35). The van der Waals surface area contributed by atoms with Crippen LogP contribution in [-0.4, -0.2) is 17.8 Å². The quantitative estimate of drug-likeness (QED) is 0.143. The van der Waals surface area contributed by atoms with E-state index in [9.17, 15) is 0 Å². The van der Waals surface area contributed by atoms with Gasteiger partial charge in [0.2, 0.25) is 5.13 Å². The molecule has 0 radical (unpaired) electrons. The number of benzene rings is 4. The molecule has 1 heterocycles. The summed E-state index contributed by atoms with van der Waals surface area (Å²) < 4.78 is 11.8. The first kappa shape index (κ1) is 25.5. The van der Waals surface area contributed by atoms with E-state index in [4.69, 9.17) is 26.1 Å². The second-order valence-electron chi connectivity index (χ2n) is 8.32. The van der Waals surface area contributed by atoms with Crippen LogP contribution in [0.1, 0.15) is 18.1 Å². The van der Waals surface area contributed by atoms with Crippen LogP contribution in [0.4, 0.5) is 5.13 Å². The normalized spacial score (nSPS) is 11.0. The van der Waals surface area contributed by atoms with Crippen LogP contribution in [0.2, 0.25) is 5.02 Å². The van der Waals surface area contributed by atoms with E-state index in [1.807, 2.05) is 85.8 Å². The summed E-state index contributed by atoms with van der Waals surface area (Å²) in [6, 6.07) is 33.8. The highest BCUT2D eigenvalue weighted by molar-refractivity contribution is 7.19. The van der Waals surface area contributed by atoms with Crippen LogP contribution in [0.15, 0.2) is 108 Å². The van der Waals surface area contributed by atoms with Crippen molar-refractivity contribution in [2.75, 3.05) is 12.0 Å². The van der Waals surface area contributed by atoms with Crippen molar-refractivity contribution in [1.82, 2.24) is 4.98 Å². The van der Waals surface area contributed by atoms with Crippen molar-refractivity contribution in [2.24, 2.45) is 5.10 Å². The zero-order valence-corrected chi connectivity index (χ0v) is 22.4. The molecule has 190 valence electrons. The van der Waals surface area contributed by atoms with E-state index in [1.165, 1.54) is 0 Å². The molecule has 0 atom stereocenters. The van der Waals surface area contributed by atoms with Gasteiger partial charge < -0.3 is 9.47 Å². The van der Waals surface area contributed by atoms with Crippen LogP contribution in [0.25, 0.3) is 21.7 Å². The lowest BCUT2D eigenvalue weighted by molar-refractivity contribution is 0.269. The highest BCUT2D eigenvalue weighted by Gasteiger charge is 2.14. The number of rotatable bonds is 10. The zero-order chi connectivity index (χ0) is 26.2. The van der Waals surface area contributed by atoms with Crippen LogP contribution < -0.4 is 14.9 Å². The van der Waals surface area contributed by atoms with Crippen LogP contribution in [0, 0.1) is 0 Å². The molecule has 1 N–H and O–H groups in total. The van der Waals surface area contributed by atoms with E-state index >= 15 is 0 Å². The minimum Gasteiger partial charge on any atom is -0.490 e. The predicted octanol–water partition coefficient (Wildman–Crippen LogP) is 8.55. The Morgan fingerprint density at radius 2 is 1.55 bits per heavy atom. The predicted molar refractivity (Wildman–Crippen MR) is 158 cm³/mol.